The predicted octanol–water partition coefficient (Wildman–Crippen LogP) is 3.81. The minimum Gasteiger partial charge on any atom is -0.361 e. The molecule has 16 heavy (non-hydrogen) atoms. The molecular formula is C11H9Cl3O2. The van der Waals surface area contributed by atoms with E-state index in [0.717, 1.165) is 5.56 Å². The maximum absolute atomic E-state index is 11.1. The molecule has 0 atom stereocenters. The first kappa shape index (κ1) is 12.2. The van der Waals surface area contributed by atoms with E-state index in [-0.39, 0.29) is 6.61 Å². The summed E-state index contributed by atoms with van der Waals surface area (Å²) in [6.07, 6.45) is 1.35. The summed E-state index contributed by atoms with van der Waals surface area (Å²) in [4.78, 5) is 11.1. The van der Waals surface area contributed by atoms with Gasteiger partial charge in [0.05, 0.1) is 16.7 Å². The number of hydrogen-bond donors (Lipinski definition) is 0. The maximum atomic E-state index is 11.1. The van der Waals surface area contributed by atoms with E-state index < -0.39 is 10.8 Å². The lowest BCUT2D eigenvalue weighted by atomic mass is 10.2. The zero-order chi connectivity index (χ0) is 11.8. The Morgan fingerprint density at radius 1 is 1.38 bits per heavy atom. The van der Waals surface area contributed by atoms with Crippen LogP contribution in [0.1, 0.15) is 18.4 Å². The summed E-state index contributed by atoms with van der Waals surface area (Å²) in [7, 11) is 0. The molecule has 0 radical (unpaired) electrons. The first-order valence-corrected chi connectivity index (χ1v) is 5.95. The van der Waals surface area contributed by atoms with Crippen molar-refractivity contribution in [3.63, 3.8) is 0 Å². The monoisotopic (exact) mass is 278 g/mol. The van der Waals surface area contributed by atoms with Gasteiger partial charge in [-0.05, 0) is 36.1 Å². The second kappa shape index (κ2) is 4.53. The Morgan fingerprint density at radius 3 is 2.62 bits per heavy atom. The third-order valence-electron chi connectivity index (χ3n) is 2.60. The number of carbonyl (C=O) groups excluding carboxylic acids is 1. The van der Waals surface area contributed by atoms with Gasteiger partial charge in [-0.3, -0.25) is 4.79 Å². The van der Waals surface area contributed by atoms with Crippen LogP contribution in [-0.4, -0.2) is 10.8 Å². The van der Waals surface area contributed by atoms with Crippen LogP contribution in [0, 0.1) is 0 Å². The Kier molecular flexibility index (Phi) is 3.45. The molecule has 1 saturated carbocycles. The van der Waals surface area contributed by atoms with Crippen molar-refractivity contribution in [1.29, 1.82) is 0 Å². The van der Waals surface area contributed by atoms with Crippen molar-refractivity contribution in [3.8, 4) is 0 Å². The molecule has 0 N–H and O–H groups in total. The molecule has 0 aliphatic heterocycles. The molecule has 1 fully saturated rings. The minimum atomic E-state index is -0.785. The fourth-order valence-electron chi connectivity index (χ4n) is 1.39. The number of hydrogen-bond acceptors (Lipinski definition) is 2. The largest absolute Gasteiger partial charge is 0.361 e. The van der Waals surface area contributed by atoms with E-state index in [2.05, 4.69) is 0 Å². The average molecular weight is 280 g/mol. The Labute approximate surface area is 108 Å². The molecule has 2 nitrogen and oxygen atoms in total. The van der Waals surface area contributed by atoms with Gasteiger partial charge in [-0.25, -0.2) is 0 Å². The molecule has 0 bridgehead atoms. The van der Waals surface area contributed by atoms with Crippen LogP contribution in [0.4, 0.5) is 0 Å². The summed E-state index contributed by atoms with van der Waals surface area (Å²) in [6.45, 7) is 0.248. The fraction of sp³-hybridized carbons (Fsp3) is 0.364. The van der Waals surface area contributed by atoms with Gasteiger partial charge in [0.1, 0.15) is 5.60 Å². The predicted molar refractivity (Wildman–Crippen MR) is 64.1 cm³/mol. The van der Waals surface area contributed by atoms with Gasteiger partial charge in [0, 0.05) is 0 Å². The summed E-state index contributed by atoms with van der Waals surface area (Å²) >= 11 is 17.3. The van der Waals surface area contributed by atoms with Crippen molar-refractivity contribution in [1.82, 2.24) is 0 Å². The van der Waals surface area contributed by atoms with Gasteiger partial charge in [0.2, 0.25) is 0 Å². The first-order valence-electron chi connectivity index (χ1n) is 4.82. The van der Waals surface area contributed by atoms with Gasteiger partial charge in [-0.1, -0.05) is 35.3 Å². The molecule has 0 aromatic heterocycles. The zero-order valence-electron chi connectivity index (χ0n) is 8.30. The van der Waals surface area contributed by atoms with Crippen LogP contribution >= 0.6 is 34.8 Å². The van der Waals surface area contributed by atoms with Crippen LogP contribution in [0.15, 0.2) is 18.2 Å². The highest BCUT2D eigenvalue weighted by Crippen LogP contribution is 2.42. The van der Waals surface area contributed by atoms with Gasteiger partial charge in [-0.15, -0.1) is 0 Å². The third-order valence-corrected chi connectivity index (χ3v) is 3.80. The van der Waals surface area contributed by atoms with Gasteiger partial charge >= 0.3 is 0 Å². The molecule has 1 aromatic rings. The van der Waals surface area contributed by atoms with E-state index >= 15 is 0 Å². The van der Waals surface area contributed by atoms with Crippen LogP contribution in [-0.2, 0) is 16.1 Å². The lowest BCUT2D eigenvalue weighted by Gasteiger charge is -2.12. The lowest BCUT2D eigenvalue weighted by Crippen LogP contribution is -2.21. The topological polar surface area (TPSA) is 26.3 Å². The van der Waals surface area contributed by atoms with Crippen LogP contribution in [0.5, 0.6) is 0 Å². The molecule has 86 valence electrons. The number of ether oxygens (including phenoxy) is 1. The van der Waals surface area contributed by atoms with Crippen LogP contribution < -0.4 is 0 Å². The van der Waals surface area contributed by atoms with Crippen molar-refractivity contribution < 1.29 is 9.53 Å². The summed E-state index contributed by atoms with van der Waals surface area (Å²) in [5.41, 5.74) is -0.0222. The molecule has 0 spiro atoms. The molecule has 0 unspecified atom stereocenters. The normalized spacial score (nSPS) is 17.2. The van der Waals surface area contributed by atoms with Gasteiger partial charge < -0.3 is 4.74 Å². The number of halogens is 3. The van der Waals surface area contributed by atoms with E-state index in [9.17, 15) is 4.79 Å². The number of carbonyl (C=O) groups is 1. The van der Waals surface area contributed by atoms with Gasteiger partial charge in [0.15, 0.2) is 0 Å². The highest BCUT2D eigenvalue weighted by atomic mass is 35.5. The second-order valence-corrected chi connectivity index (χ2v) is 4.90. The van der Waals surface area contributed by atoms with Crippen molar-refractivity contribution >= 4 is 40.0 Å². The highest BCUT2D eigenvalue weighted by molar-refractivity contribution is 6.65. The van der Waals surface area contributed by atoms with E-state index in [1.165, 1.54) is 0 Å². The first-order chi connectivity index (χ1) is 7.55. The Balaban J connectivity index is 2.06. The van der Waals surface area contributed by atoms with Crippen molar-refractivity contribution in [2.75, 3.05) is 0 Å². The van der Waals surface area contributed by atoms with E-state index in [1.54, 1.807) is 12.1 Å². The molecule has 0 heterocycles. The van der Waals surface area contributed by atoms with E-state index in [0.29, 0.717) is 22.9 Å². The quantitative estimate of drug-likeness (QED) is 0.784. The number of rotatable bonds is 4. The zero-order valence-corrected chi connectivity index (χ0v) is 10.6. The molecule has 0 saturated heterocycles. The average Bonchev–Trinajstić information content (AvgIpc) is 3.01. The highest BCUT2D eigenvalue weighted by Gasteiger charge is 2.50. The molecule has 1 aromatic carbocycles. The molecule has 1 aliphatic carbocycles. The molecular weight excluding hydrogens is 270 g/mol. The van der Waals surface area contributed by atoms with Crippen molar-refractivity contribution in [2.45, 2.75) is 25.0 Å². The molecule has 1 aliphatic rings. The fourth-order valence-corrected chi connectivity index (χ4v) is 2.01. The smallest absolute Gasteiger partial charge is 0.253 e. The SMILES string of the molecule is O=C(Cl)C1(OCc2cccc(Cl)c2Cl)CC1. The summed E-state index contributed by atoms with van der Waals surface area (Å²) in [6, 6.07) is 5.30. The second-order valence-electron chi connectivity index (χ2n) is 3.77. The maximum Gasteiger partial charge on any atom is 0.253 e. The molecule has 5 heteroatoms. The van der Waals surface area contributed by atoms with Crippen LogP contribution in [0.25, 0.3) is 0 Å². The number of benzene rings is 1. The van der Waals surface area contributed by atoms with Gasteiger partial charge in [-0.2, -0.15) is 0 Å². The third kappa shape index (κ3) is 2.35. The summed E-state index contributed by atoms with van der Waals surface area (Å²) < 4.78 is 5.50. The standard InChI is InChI=1S/C11H9Cl3O2/c12-8-3-1-2-7(9(8)13)6-16-11(4-5-11)10(14)15/h1-3H,4-6H2. The van der Waals surface area contributed by atoms with Gasteiger partial charge in [0.25, 0.3) is 5.24 Å². The lowest BCUT2D eigenvalue weighted by molar-refractivity contribution is -0.125. The Morgan fingerprint density at radius 2 is 2.06 bits per heavy atom. The van der Waals surface area contributed by atoms with E-state index in [4.69, 9.17) is 39.5 Å². The van der Waals surface area contributed by atoms with E-state index in [1.807, 2.05) is 6.07 Å². The Bertz CT molecular complexity index is 427. The van der Waals surface area contributed by atoms with Crippen LogP contribution in [0.3, 0.4) is 0 Å². The summed E-state index contributed by atoms with van der Waals surface area (Å²) in [5.74, 6) is 0. The summed E-state index contributed by atoms with van der Waals surface area (Å²) in [5, 5.41) is 0.498. The Hall–Kier alpha value is -0.280. The van der Waals surface area contributed by atoms with Crippen LogP contribution in [0.2, 0.25) is 10.0 Å². The van der Waals surface area contributed by atoms with Crippen molar-refractivity contribution in [2.24, 2.45) is 0 Å². The van der Waals surface area contributed by atoms with Crippen molar-refractivity contribution in [3.05, 3.63) is 33.8 Å². The molecule has 2 rings (SSSR count). The minimum absolute atomic E-state index is 0.248. The molecule has 0 amide bonds.